The fourth-order valence-corrected chi connectivity index (χ4v) is 3.19. The molecule has 1 heterocycles. The summed E-state index contributed by atoms with van der Waals surface area (Å²) in [6, 6.07) is 7.23. The van der Waals surface area contributed by atoms with E-state index in [0.717, 1.165) is 15.1 Å². The van der Waals surface area contributed by atoms with Crippen LogP contribution in [0.25, 0.3) is 0 Å². The predicted octanol–water partition coefficient (Wildman–Crippen LogP) is 2.14. The van der Waals surface area contributed by atoms with Gasteiger partial charge in [0.15, 0.2) is 0 Å². The van der Waals surface area contributed by atoms with Crippen LogP contribution in [0.5, 0.6) is 0 Å². The fraction of sp³-hybridized carbons (Fsp3) is 0.286. The number of nitrogens with zero attached hydrogens (tertiary/aromatic N) is 4. The number of imidazole rings is 1. The molecule has 0 radical (unpaired) electrons. The third-order valence-electron chi connectivity index (χ3n) is 3.19. The van der Waals surface area contributed by atoms with Crippen LogP contribution in [0.3, 0.4) is 0 Å². The van der Waals surface area contributed by atoms with Crippen molar-refractivity contribution in [2.24, 2.45) is 0 Å². The van der Waals surface area contributed by atoms with Gasteiger partial charge in [-0.1, -0.05) is 6.07 Å². The summed E-state index contributed by atoms with van der Waals surface area (Å²) in [5.74, 6) is -0.0326. The van der Waals surface area contributed by atoms with Gasteiger partial charge in [-0.05, 0) is 18.2 Å². The van der Waals surface area contributed by atoms with E-state index in [1.165, 1.54) is 37.5 Å². The normalized spacial score (nSPS) is 12.3. The lowest BCUT2D eigenvalue weighted by molar-refractivity contribution is -0.141. The molecule has 0 amide bonds. The summed E-state index contributed by atoms with van der Waals surface area (Å²) < 4.78 is 64.2. The highest BCUT2D eigenvalue weighted by molar-refractivity contribution is 7.89. The van der Waals surface area contributed by atoms with E-state index in [2.05, 4.69) is 4.98 Å². The third kappa shape index (κ3) is 4.12. The molecule has 10 heteroatoms. The predicted molar refractivity (Wildman–Crippen MR) is 78.1 cm³/mol. The zero-order valence-electron chi connectivity index (χ0n) is 12.5. The smallest absolute Gasteiger partial charge is 0.325 e. The Balaban J connectivity index is 2.25. The maximum absolute atomic E-state index is 12.5. The van der Waals surface area contributed by atoms with Gasteiger partial charge in [0.1, 0.15) is 12.4 Å². The van der Waals surface area contributed by atoms with Crippen molar-refractivity contribution in [1.82, 2.24) is 13.9 Å². The topological polar surface area (TPSA) is 79.0 Å². The van der Waals surface area contributed by atoms with Crippen molar-refractivity contribution in [3.05, 3.63) is 48.0 Å². The second-order valence-corrected chi connectivity index (χ2v) is 7.03. The minimum Gasteiger partial charge on any atom is -0.325 e. The molecule has 24 heavy (non-hydrogen) atoms. The maximum Gasteiger partial charge on any atom is 0.406 e. The number of rotatable bonds is 5. The van der Waals surface area contributed by atoms with Crippen molar-refractivity contribution >= 4 is 10.0 Å². The van der Waals surface area contributed by atoms with Crippen LogP contribution in [0.2, 0.25) is 0 Å². The minimum atomic E-state index is -4.44. The van der Waals surface area contributed by atoms with Gasteiger partial charge in [-0.3, -0.25) is 0 Å². The van der Waals surface area contributed by atoms with Crippen LogP contribution in [0.1, 0.15) is 11.4 Å². The molecular formula is C14H13F3N4O2S. The van der Waals surface area contributed by atoms with Crippen LogP contribution in [-0.2, 0) is 23.1 Å². The molecule has 0 N–H and O–H groups in total. The first-order chi connectivity index (χ1) is 11.1. The van der Waals surface area contributed by atoms with Crippen molar-refractivity contribution in [2.45, 2.75) is 24.2 Å². The van der Waals surface area contributed by atoms with Crippen LogP contribution in [0.4, 0.5) is 13.2 Å². The van der Waals surface area contributed by atoms with Crippen LogP contribution in [0.15, 0.2) is 41.6 Å². The van der Waals surface area contributed by atoms with Crippen LogP contribution >= 0.6 is 0 Å². The molecule has 6 nitrogen and oxygen atoms in total. The molecule has 1 aromatic heterocycles. The summed E-state index contributed by atoms with van der Waals surface area (Å²) in [5.41, 5.74) is 0.169. The zero-order valence-corrected chi connectivity index (χ0v) is 13.3. The molecular weight excluding hydrogens is 345 g/mol. The third-order valence-corrected chi connectivity index (χ3v) is 4.99. The monoisotopic (exact) mass is 358 g/mol. The number of hydrogen-bond donors (Lipinski definition) is 0. The fourth-order valence-electron chi connectivity index (χ4n) is 2.02. The lowest BCUT2D eigenvalue weighted by Gasteiger charge is -2.18. The number of halogens is 3. The van der Waals surface area contributed by atoms with Gasteiger partial charge in [0.25, 0.3) is 0 Å². The van der Waals surface area contributed by atoms with Crippen molar-refractivity contribution in [3.63, 3.8) is 0 Å². The molecule has 1 aromatic carbocycles. The molecule has 2 aromatic rings. The summed E-state index contributed by atoms with van der Waals surface area (Å²) >= 11 is 0. The number of aromatic nitrogens is 2. The SMILES string of the molecule is CN(Cc1nccn1CC(F)(F)F)S(=O)(=O)c1cccc(C#N)c1. The molecule has 0 fully saturated rings. The zero-order chi connectivity index (χ0) is 18.0. The van der Waals surface area contributed by atoms with Gasteiger partial charge >= 0.3 is 6.18 Å². The average molecular weight is 358 g/mol. The molecule has 0 spiro atoms. The van der Waals surface area contributed by atoms with E-state index in [1.807, 2.05) is 6.07 Å². The Morgan fingerprint density at radius 2 is 2.08 bits per heavy atom. The van der Waals surface area contributed by atoms with E-state index < -0.39 is 22.7 Å². The van der Waals surface area contributed by atoms with Crippen LogP contribution in [-0.4, -0.2) is 35.5 Å². The number of benzene rings is 1. The van der Waals surface area contributed by atoms with Gasteiger partial charge in [-0.2, -0.15) is 22.7 Å². The molecule has 0 atom stereocenters. The van der Waals surface area contributed by atoms with E-state index in [0.29, 0.717) is 0 Å². The largest absolute Gasteiger partial charge is 0.406 e. The second-order valence-electron chi connectivity index (χ2n) is 4.99. The molecule has 0 bridgehead atoms. The van der Waals surface area contributed by atoms with Crippen molar-refractivity contribution in [2.75, 3.05) is 7.05 Å². The summed E-state index contributed by atoms with van der Waals surface area (Å²) in [5, 5.41) is 8.84. The molecule has 0 aliphatic heterocycles. The minimum absolute atomic E-state index is 0.0326. The highest BCUT2D eigenvalue weighted by atomic mass is 32.2. The first kappa shape index (κ1) is 18.0. The maximum atomic E-state index is 12.5. The van der Waals surface area contributed by atoms with Gasteiger partial charge in [0.05, 0.1) is 23.1 Å². The van der Waals surface area contributed by atoms with Crippen LogP contribution < -0.4 is 0 Å². The Kier molecular flexibility index (Phi) is 4.96. The summed E-state index contributed by atoms with van der Waals surface area (Å²) in [6.45, 7) is -1.58. The first-order valence-corrected chi connectivity index (χ1v) is 8.11. The standard InChI is InChI=1S/C14H13F3N4O2S/c1-20(9-13-19-5-6-21(13)10-14(15,16)17)24(22,23)12-4-2-3-11(7-12)8-18/h2-7H,9-10H2,1H3. The number of sulfonamides is 1. The van der Waals surface area contributed by atoms with E-state index in [-0.39, 0.29) is 22.8 Å². The van der Waals surface area contributed by atoms with E-state index in [4.69, 9.17) is 5.26 Å². The number of nitriles is 1. The second kappa shape index (κ2) is 6.62. The van der Waals surface area contributed by atoms with Crippen molar-refractivity contribution < 1.29 is 21.6 Å². The van der Waals surface area contributed by atoms with E-state index in [9.17, 15) is 21.6 Å². The average Bonchev–Trinajstić information content (AvgIpc) is 2.92. The van der Waals surface area contributed by atoms with E-state index in [1.54, 1.807) is 0 Å². The Morgan fingerprint density at radius 3 is 2.71 bits per heavy atom. The van der Waals surface area contributed by atoms with Gasteiger partial charge in [-0.25, -0.2) is 13.4 Å². The van der Waals surface area contributed by atoms with Gasteiger partial charge in [0, 0.05) is 19.4 Å². The van der Waals surface area contributed by atoms with Crippen LogP contribution in [0, 0.1) is 11.3 Å². The lowest BCUT2D eigenvalue weighted by Crippen LogP contribution is -2.29. The molecule has 0 aliphatic carbocycles. The number of hydrogen-bond acceptors (Lipinski definition) is 4. The molecule has 128 valence electrons. The highest BCUT2D eigenvalue weighted by Gasteiger charge is 2.30. The van der Waals surface area contributed by atoms with E-state index >= 15 is 0 Å². The highest BCUT2D eigenvalue weighted by Crippen LogP contribution is 2.21. The first-order valence-electron chi connectivity index (χ1n) is 6.67. The Morgan fingerprint density at radius 1 is 1.38 bits per heavy atom. The van der Waals surface area contributed by atoms with Gasteiger partial charge in [-0.15, -0.1) is 0 Å². The molecule has 0 saturated heterocycles. The Labute approximate surface area is 136 Å². The molecule has 0 saturated carbocycles. The molecule has 2 rings (SSSR count). The van der Waals surface area contributed by atoms with Crippen molar-refractivity contribution in [1.29, 1.82) is 5.26 Å². The number of alkyl halides is 3. The summed E-state index contributed by atoms with van der Waals surface area (Å²) in [4.78, 5) is 3.67. The summed E-state index contributed by atoms with van der Waals surface area (Å²) in [7, 11) is -2.72. The van der Waals surface area contributed by atoms with Gasteiger partial charge < -0.3 is 4.57 Å². The molecule has 0 aliphatic rings. The summed E-state index contributed by atoms with van der Waals surface area (Å²) in [6.07, 6.45) is -2.12. The quantitative estimate of drug-likeness (QED) is 0.820. The Bertz CT molecular complexity index is 869. The Hall–Kier alpha value is -2.38. The van der Waals surface area contributed by atoms with Crippen molar-refractivity contribution in [3.8, 4) is 6.07 Å². The van der Waals surface area contributed by atoms with Gasteiger partial charge in [0.2, 0.25) is 10.0 Å². The molecule has 0 unspecified atom stereocenters. The lowest BCUT2D eigenvalue weighted by atomic mass is 10.2.